The second kappa shape index (κ2) is 15.9. The summed E-state index contributed by atoms with van der Waals surface area (Å²) in [6.45, 7) is 8.16. The highest BCUT2D eigenvalue weighted by Gasteiger charge is 2.32. The average Bonchev–Trinajstić information content (AvgIpc) is 2.90. The van der Waals surface area contributed by atoms with Crippen molar-refractivity contribution in [2.45, 2.75) is 116 Å². The molecule has 0 spiro atoms. The van der Waals surface area contributed by atoms with Crippen LogP contribution in [0.3, 0.4) is 0 Å². The van der Waals surface area contributed by atoms with Crippen LogP contribution in [0.4, 0.5) is 0 Å². The van der Waals surface area contributed by atoms with Gasteiger partial charge in [-0.25, -0.2) is 5.48 Å². The van der Waals surface area contributed by atoms with Gasteiger partial charge in [0, 0.05) is 18.8 Å². The maximum Gasteiger partial charge on any atom is 0.309 e. The molecule has 39 heavy (non-hydrogen) atoms. The second-order valence-electron chi connectivity index (χ2n) is 11.4. The quantitative estimate of drug-likeness (QED) is 0.140. The Balaban J connectivity index is 1.75. The maximum atomic E-state index is 13.1. The molecule has 7 atom stereocenters. The Labute approximate surface area is 234 Å². The Bertz CT molecular complexity index is 964. The molecule has 0 saturated carbocycles. The topological polar surface area (TPSA) is 94.1 Å². The van der Waals surface area contributed by atoms with Crippen molar-refractivity contribution in [3.05, 3.63) is 59.8 Å². The normalized spacial score (nSPS) is 35.2. The van der Waals surface area contributed by atoms with Gasteiger partial charge in [-0.1, -0.05) is 67.5 Å². The number of nitrogens with one attached hydrogen (secondary N) is 1. The van der Waals surface area contributed by atoms with Crippen LogP contribution in [-0.2, 0) is 23.8 Å². The molecule has 1 amide bonds. The monoisotopic (exact) mass is 541 g/mol. The van der Waals surface area contributed by atoms with E-state index in [1.807, 2.05) is 37.3 Å². The number of hydrogen-bond donors (Lipinski definition) is 2. The average molecular weight is 542 g/mol. The summed E-state index contributed by atoms with van der Waals surface area (Å²) in [5.74, 6) is -0.357. The zero-order valence-electron chi connectivity index (χ0n) is 24.0. The van der Waals surface area contributed by atoms with Gasteiger partial charge in [0.15, 0.2) is 0 Å². The predicted molar refractivity (Wildman–Crippen MR) is 152 cm³/mol. The van der Waals surface area contributed by atoms with Crippen LogP contribution >= 0.6 is 0 Å². The van der Waals surface area contributed by atoms with Gasteiger partial charge in [0.25, 0.3) is 0 Å². The Kier molecular flexibility index (Phi) is 12.7. The van der Waals surface area contributed by atoms with E-state index in [2.05, 4.69) is 39.0 Å². The first-order valence-electron chi connectivity index (χ1n) is 14.5. The molecule has 0 radical (unpaired) electrons. The van der Waals surface area contributed by atoms with E-state index in [1.165, 1.54) is 12.0 Å². The summed E-state index contributed by atoms with van der Waals surface area (Å²) in [5, 5.41) is 8.66. The molecule has 0 aromatic rings. The summed E-state index contributed by atoms with van der Waals surface area (Å²) < 4.78 is 18.9. The molecule has 3 aliphatic heterocycles. The van der Waals surface area contributed by atoms with E-state index in [0.29, 0.717) is 5.92 Å². The van der Waals surface area contributed by atoms with E-state index >= 15 is 0 Å². The Morgan fingerprint density at radius 2 is 1.72 bits per heavy atom. The van der Waals surface area contributed by atoms with Gasteiger partial charge in [0.1, 0.15) is 6.10 Å². The molecule has 0 aromatic heterocycles. The number of ether oxygens (including phenoxy) is 3. The van der Waals surface area contributed by atoms with Crippen LogP contribution in [0.2, 0.25) is 0 Å². The first-order chi connectivity index (χ1) is 18.7. The summed E-state index contributed by atoms with van der Waals surface area (Å²) in [5.41, 5.74) is 3.78. The molecule has 0 aliphatic carbocycles. The number of allylic oxidation sites excluding steroid dienone is 6. The van der Waals surface area contributed by atoms with Crippen molar-refractivity contribution in [1.82, 2.24) is 5.48 Å². The van der Waals surface area contributed by atoms with Crippen LogP contribution in [0.15, 0.2) is 59.8 Å². The van der Waals surface area contributed by atoms with E-state index in [1.54, 1.807) is 5.48 Å². The van der Waals surface area contributed by atoms with Gasteiger partial charge in [-0.3, -0.25) is 14.8 Å². The minimum absolute atomic E-state index is 0.00868. The first kappa shape index (κ1) is 31.1. The van der Waals surface area contributed by atoms with Crippen molar-refractivity contribution < 1.29 is 29.0 Å². The highest BCUT2D eigenvalue weighted by Crippen LogP contribution is 2.33. The molecular formula is C32H47NO6. The van der Waals surface area contributed by atoms with E-state index in [0.717, 1.165) is 44.1 Å². The molecule has 7 heteroatoms. The lowest BCUT2D eigenvalue weighted by Gasteiger charge is -2.37. The fraction of sp³-hybridized carbons (Fsp3) is 0.625. The molecule has 7 unspecified atom stereocenters. The van der Waals surface area contributed by atoms with Gasteiger partial charge < -0.3 is 14.2 Å². The number of carbonyl (C=O) groups excluding carboxylic acids is 2. The van der Waals surface area contributed by atoms with Crippen LogP contribution in [0, 0.1) is 11.8 Å². The smallest absolute Gasteiger partial charge is 0.309 e. The molecular weight excluding hydrogens is 494 g/mol. The van der Waals surface area contributed by atoms with Gasteiger partial charge >= 0.3 is 5.97 Å². The number of hydroxylamine groups is 1. The lowest BCUT2D eigenvalue weighted by molar-refractivity contribution is -0.154. The van der Waals surface area contributed by atoms with Crippen molar-refractivity contribution >= 4 is 11.9 Å². The van der Waals surface area contributed by atoms with Crippen LogP contribution < -0.4 is 5.48 Å². The van der Waals surface area contributed by atoms with Crippen molar-refractivity contribution in [2.75, 3.05) is 0 Å². The van der Waals surface area contributed by atoms with E-state index in [4.69, 9.17) is 19.4 Å². The lowest BCUT2D eigenvalue weighted by atomic mass is 9.90. The van der Waals surface area contributed by atoms with Gasteiger partial charge in [0.2, 0.25) is 5.91 Å². The zero-order valence-corrected chi connectivity index (χ0v) is 24.0. The van der Waals surface area contributed by atoms with Gasteiger partial charge in [0.05, 0.1) is 30.8 Å². The molecule has 3 rings (SSSR count). The second-order valence-corrected chi connectivity index (χ2v) is 11.4. The highest BCUT2D eigenvalue weighted by molar-refractivity contribution is 5.77. The fourth-order valence-corrected chi connectivity index (χ4v) is 5.64. The summed E-state index contributed by atoms with van der Waals surface area (Å²) in [6, 6.07) is 0. The summed E-state index contributed by atoms with van der Waals surface area (Å²) >= 11 is 0. The molecule has 2 saturated heterocycles. The fourth-order valence-electron chi connectivity index (χ4n) is 5.64. The van der Waals surface area contributed by atoms with Crippen molar-refractivity contribution in [1.29, 1.82) is 0 Å². The molecule has 3 aliphatic rings. The molecule has 0 aromatic carbocycles. The predicted octanol–water partition coefficient (Wildman–Crippen LogP) is 6.30. The number of hydrogen-bond acceptors (Lipinski definition) is 6. The van der Waals surface area contributed by atoms with Gasteiger partial charge in [-0.2, -0.15) is 0 Å². The Hall–Kier alpha value is -2.48. The van der Waals surface area contributed by atoms with Crippen LogP contribution in [0.5, 0.6) is 0 Å². The maximum absolute atomic E-state index is 13.1. The number of esters is 1. The number of fused-ring (bicyclic) bond motifs is 4. The SMILES string of the molecule is C/C=C1\CC2CC(=O)OC(/C=C/C=C\C=C(/C)CC(=O)NO)C(C)/C=C/C(C)CC3CCCC(CC(C1)O2)O3. The number of cyclic esters (lactones) is 1. The Morgan fingerprint density at radius 3 is 2.46 bits per heavy atom. The summed E-state index contributed by atoms with van der Waals surface area (Å²) in [6.07, 6.45) is 22.9. The zero-order chi connectivity index (χ0) is 28.2. The minimum Gasteiger partial charge on any atom is -0.457 e. The van der Waals surface area contributed by atoms with E-state index in [9.17, 15) is 9.59 Å². The summed E-state index contributed by atoms with van der Waals surface area (Å²) in [4.78, 5) is 24.4. The summed E-state index contributed by atoms with van der Waals surface area (Å²) in [7, 11) is 0. The number of carbonyl (C=O) groups is 2. The van der Waals surface area contributed by atoms with E-state index < -0.39 is 12.0 Å². The van der Waals surface area contributed by atoms with Crippen LogP contribution in [0.1, 0.15) is 85.5 Å². The van der Waals surface area contributed by atoms with Crippen molar-refractivity contribution in [2.24, 2.45) is 11.8 Å². The van der Waals surface area contributed by atoms with Gasteiger partial charge in [-0.05, 0) is 64.4 Å². The van der Waals surface area contributed by atoms with Gasteiger partial charge in [-0.15, -0.1) is 0 Å². The van der Waals surface area contributed by atoms with E-state index in [-0.39, 0.29) is 49.1 Å². The molecule has 4 bridgehead atoms. The molecule has 7 nitrogen and oxygen atoms in total. The third-order valence-corrected chi connectivity index (χ3v) is 7.76. The minimum atomic E-state index is -0.454. The number of amides is 1. The molecule has 2 N–H and O–H groups in total. The lowest BCUT2D eigenvalue weighted by Crippen LogP contribution is -2.37. The molecule has 2 fully saturated rings. The molecule has 3 heterocycles. The largest absolute Gasteiger partial charge is 0.457 e. The number of rotatable bonds is 5. The Morgan fingerprint density at radius 1 is 1.00 bits per heavy atom. The van der Waals surface area contributed by atoms with Crippen LogP contribution in [-0.4, -0.2) is 47.6 Å². The van der Waals surface area contributed by atoms with Crippen LogP contribution in [0.25, 0.3) is 0 Å². The third kappa shape index (κ3) is 10.9. The van der Waals surface area contributed by atoms with Crippen molar-refractivity contribution in [3.63, 3.8) is 0 Å². The third-order valence-electron chi connectivity index (χ3n) is 7.76. The standard InChI is InChI=1S/C32H47NO6/c1-5-25-18-28-20-27-12-9-11-26(37-27)16-23(3)14-15-24(4)30(39-32(35)21-29(19-25)38-28)13-8-6-7-10-22(2)17-31(34)33-36/h5-8,10,13-15,23-24,26-30,36H,9,11-12,16-21H2,1-4H3,(H,33,34)/b7-6-,13-8+,15-14+,22-10+,25-5-. The first-order valence-corrected chi connectivity index (χ1v) is 14.5. The molecule has 216 valence electrons. The van der Waals surface area contributed by atoms with Crippen molar-refractivity contribution in [3.8, 4) is 0 Å². The highest BCUT2D eigenvalue weighted by atomic mass is 16.5.